The predicted molar refractivity (Wildman–Crippen MR) is 74.5 cm³/mol. The summed E-state index contributed by atoms with van der Waals surface area (Å²) in [5, 5.41) is 3.84. The highest BCUT2D eigenvalue weighted by atomic mass is 16.5. The molecule has 0 bridgehead atoms. The largest absolute Gasteiger partial charge is 0.493 e. The fourth-order valence-electron chi connectivity index (χ4n) is 1.77. The Kier molecular flexibility index (Phi) is 4.81. The van der Waals surface area contributed by atoms with Crippen LogP contribution in [0.2, 0.25) is 0 Å². The van der Waals surface area contributed by atoms with E-state index in [1.54, 1.807) is 38.1 Å². The lowest BCUT2D eigenvalue weighted by Crippen LogP contribution is -2.06. The molecule has 0 saturated heterocycles. The van der Waals surface area contributed by atoms with E-state index in [1.807, 2.05) is 0 Å². The third-order valence-corrected chi connectivity index (χ3v) is 2.73. The molecule has 1 aromatic heterocycles. The molecule has 6 heteroatoms. The van der Waals surface area contributed by atoms with E-state index in [2.05, 4.69) is 5.16 Å². The molecular formula is C15H17NO5. The van der Waals surface area contributed by atoms with Crippen molar-refractivity contribution in [2.75, 3.05) is 13.7 Å². The highest BCUT2D eigenvalue weighted by Gasteiger charge is 2.12. The Labute approximate surface area is 122 Å². The summed E-state index contributed by atoms with van der Waals surface area (Å²) in [4.78, 5) is 11.7. The molecule has 0 atom stereocenters. The van der Waals surface area contributed by atoms with Crippen molar-refractivity contribution >= 4 is 5.97 Å². The Morgan fingerprint density at radius 1 is 1.29 bits per heavy atom. The topological polar surface area (TPSA) is 70.8 Å². The van der Waals surface area contributed by atoms with Gasteiger partial charge in [-0.1, -0.05) is 5.16 Å². The Morgan fingerprint density at radius 3 is 2.71 bits per heavy atom. The predicted octanol–water partition coefficient (Wildman–Crippen LogP) is 2.75. The fourth-order valence-corrected chi connectivity index (χ4v) is 1.77. The molecule has 2 rings (SSSR count). The van der Waals surface area contributed by atoms with Crippen molar-refractivity contribution in [2.24, 2.45) is 0 Å². The summed E-state index contributed by atoms with van der Waals surface area (Å²) in [5.74, 6) is 1.29. The van der Waals surface area contributed by atoms with Gasteiger partial charge < -0.3 is 18.7 Å². The van der Waals surface area contributed by atoms with Gasteiger partial charge in [0.05, 0.1) is 19.3 Å². The maximum atomic E-state index is 11.7. The minimum Gasteiger partial charge on any atom is -0.493 e. The van der Waals surface area contributed by atoms with Crippen LogP contribution in [0.3, 0.4) is 0 Å². The van der Waals surface area contributed by atoms with Gasteiger partial charge in [-0.15, -0.1) is 0 Å². The lowest BCUT2D eigenvalue weighted by Gasteiger charge is -2.11. The van der Waals surface area contributed by atoms with E-state index < -0.39 is 5.97 Å². The summed E-state index contributed by atoms with van der Waals surface area (Å²) < 4.78 is 20.8. The number of aromatic nitrogens is 1. The molecule has 1 aromatic carbocycles. The van der Waals surface area contributed by atoms with Crippen LogP contribution in [-0.2, 0) is 11.3 Å². The van der Waals surface area contributed by atoms with Gasteiger partial charge in [-0.2, -0.15) is 0 Å². The van der Waals surface area contributed by atoms with E-state index >= 15 is 0 Å². The number of hydrogen-bond donors (Lipinski definition) is 0. The van der Waals surface area contributed by atoms with Gasteiger partial charge in [0.25, 0.3) is 0 Å². The van der Waals surface area contributed by atoms with E-state index in [0.717, 1.165) is 0 Å². The van der Waals surface area contributed by atoms with Crippen LogP contribution in [-0.4, -0.2) is 24.8 Å². The van der Waals surface area contributed by atoms with Gasteiger partial charge in [-0.25, -0.2) is 4.79 Å². The molecule has 2 aromatic rings. The van der Waals surface area contributed by atoms with Gasteiger partial charge in [0.1, 0.15) is 18.1 Å². The van der Waals surface area contributed by atoms with Crippen LogP contribution in [0.25, 0.3) is 0 Å². The van der Waals surface area contributed by atoms with Crippen molar-refractivity contribution in [3.63, 3.8) is 0 Å². The zero-order valence-corrected chi connectivity index (χ0v) is 12.2. The summed E-state index contributed by atoms with van der Waals surface area (Å²) >= 11 is 0. The number of nitrogens with zero attached hydrogens (tertiary/aromatic N) is 1. The second-order valence-electron chi connectivity index (χ2n) is 4.30. The molecule has 0 amide bonds. The maximum absolute atomic E-state index is 11.7. The zero-order valence-electron chi connectivity index (χ0n) is 12.2. The Bertz CT molecular complexity index is 620. The minimum absolute atomic E-state index is 0.222. The quantitative estimate of drug-likeness (QED) is 0.762. The van der Waals surface area contributed by atoms with Gasteiger partial charge in [0.2, 0.25) is 0 Å². The summed E-state index contributed by atoms with van der Waals surface area (Å²) in [5.41, 5.74) is 1.07. The van der Waals surface area contributed by atoms with Crippen molar-refractivity contribution in [3.05, 3.63) is 41.3 Å². The fraction of sp³-hybridized carbons (Fsp3) is 0.333. The molecule has 0 aliphatic rings. The average molecular weight is 291 g/mol. The first kappa shape index (κ1) is 14.9. The van der Waals surface area contributed by atoms with E-state index in [9.17, 15) is 4.79 Å². The first-order valence-corrected chi connectivity index (χ1v) is 6.54. The van der Waals surface area contributed by atoms with Gasteiger partial charge >= 0.3 is 5.97 Å². The SMILES string of the molecule is CCOC(=O)c1ccc(OC)c(OCc2cc(C)on2)c1. The van der Waals surface area contributed by atoms with Crippen molar-refractivity contribution in [1.29, 1.82) is 0 Å². The van der Waals surface area contributed by atoms with Crippen LogP contribution < -0.4 is 9.47 Å². The lowest BCUT2D eigenvalue weighted by atomic mass is 10.2. The number of esters is 1. The standard InChI is InChI=1S/C15H17NO5/c1-4-19-15(17)11-5-6-13(18-3)14(8-11)20-9-12-7-10(2)21-16-12/h5-8H,4,9H2,1-3H3. The van der Waals surface area contributed by atoms with Crippen LogP contribution in [0.4, 0.5) is 0 Å². The third-order valence-electron chi connectivity index (χ3n) is 2.73. The molecule has 0 aliphatic heterocycles. The first-order chi connectivity index (χ1) is 10.1. The molecule has 0 fully saturated rings. The molecule has 0 spiro atoms. The minimum atomic E-state index is -0.401. The third kappa shape index (κ3) is 3.75. The van der Waals surface area contributed by atoms with Gasteiger partial charge in [0.15, 0.2) is 11.5 Å². The Hall–Kier alpha value is -2.50. The smallest absolute Gasteiger partial charge is 0.338 e. The van der Waals surface area contributed by atoms with Crippen LogP contribution >= 0.6 is 0 Å². The highest BCUT2D eigenvalue weighted by Crippen LogP contribution is 2.29. The Morgan fingerprint density at radius 2 is 2.10 bits per heavy atom. The van der Waals surface area contributed by atoms with E-state index in [4.69, 9.17) is 18.7 Å². The number of ether oxygens (including phenoxy) is 3. The summed E-state index contributed by atoms with van der Waals surface area (Å²) in [6, 6.07) is 6.66. The average Bonchev–Trinajstić information content (AvgIpc) is 2.90. The van der Waals surface area contributed by atoms with Gasteiger partial charge in [-0.3, -0.25) is 0 Å². The van der Waals surface area contributed by atoms with Crippen molar-refractivity contribution < 1.29 is 23.5 Å². The summed E-state index contributed by atoms with van der Waals surface area (Å²) in [7, 11) is 1.53. The maximum Gasteiger partial charge on any atom is 0.338 e. The van der Waals surface area contributed by atoms with Crippen LogP contribution in [0.5, 0.6) is 11.5 Å². The number of carbonyl (C=O) groups excluding carboxylic acids is 1. The van der Waals surface area contributed by atoms with Crippen molar-refractivity contribution in [2.45, 2.75) is 20.5 Å². The molecule has 112 valence electrons. The van der Waals surface area contributed by atoms with E-state index in [1.165, 1.54) is 7.11 Å². The van der Waals surface area contributed by atoms with Gasteiger partial charge in [0, 0.05) is 6.07 Å². The van der Waals surface area contributed by atoms with Crippen LogP contribution in [0.1, 0.15) is 28.7 Å². The molecule has 1 heterocycles. The Balaban J connectivity index is 2.15. The molecule has 0 unspecified atom stereocenters. The number of hydrogen-bond acceptors (Lipinski definition) is 6. The monoisotopic (exact) mass is 291 g/mol. The number of carbonyl (C=O) groups is 1. The molecule has 0 radical (unpaired) electrons. The molecule has 21 heavy (non-hydrogen) atoms. The molecule has 6 nitrogen and oxygen atoms in total. The lowest BCUT2D eigenvalue weighted by molar-refractivity contribution is 0.0525. The first-order valence-electron chi connectivity index (χ1n) is 6.54. The van der Waals surface area contributed by atoms with Gasteiger partial charge in [-0.05, 0) is 32.0 Å². The number of aryl methyl sites for hydroxylation is 1. The van der Waals surface area contributed by atoms with Crippen LogP contribution in [0.15, 0.2) is 28.8 Å². The summed E-state index contributed by atoms with van der Waals surface area (Å²) in [6.45, 7) is 4.10. The van der Waals surface area contributed by atoms with Crippen molar-refractivity contribution in [3.8, 4) is 11.5 Å². The second-order valence-corrected chi connectivity index (χ2v) is 4.30. The molecule has 0 aliphatic carbocycles. The van der Waals surface area contributed by atoms with E-state index in [0.29, 0.717) is 35.1 Å². The normalized spacial score (nSPS) is 10.2. The van der Waals surface area contributed by atoms with E-state index in [-0.39, 0.29) is 6.61 Å². The number of benzene rings is 1. The molecule has 0 saturated carbocycles. The summed E-state index contributed by atoms with van der Waals surface area (Å²) in [6.07, 6.45) is 0. The van der Waals surface area contributed by atoms with Crippen molar-refractivity contribution in [1.82, 2.24) is 5.16 Å². The zero-order chi connectivity index (χ0) is 15.2. The number of rotatable bonds is 6. The molecule has 0 N–H and O–H groups in total. The highest BCUT2D eigenvalue weighted by molar-refractivity contribution is 5.90. The van der Waals surface area contributed by atoms with Crippen LogP contribution in [0, 0.1) is 6.92 Å². The molecular weight excluding hydrogens is 274 g/mol. The number of methoxy groups -OCH3 is 1. The second kappa shape index (κ2) is 6.78.